The van der Waals surface area contributed by atoms with Crippen LogP contribution < -0.4 is 10.6 Å². The zero-order valence-electron chi connectivity index (χ0n) is 16.9. The van der Waals surface area contributed by atoms with Crippen molar-refractivity contribution in [2.24, 2.45) is 16.2 Å². The maximum Gasteiger partial charge on any atom is 0.226 e. The molecule has 0 rings (SSSR count). The first-order chi connectivity index (χ1) is 10.1. The summed E-state index contributed by atoms with van der Waals surface area (Å²) in [5.74, 6) is -0.0314. The van der Waals surface area contributed by atoms with Crippen molar-refractivity contribution in [3.05, 3.63) is 0 Å². The van der Waals surface area contributed by atoms with Gasteiger partial charge in [0.1, 0.15) is 0 Å². The molecule has 0 saturated heterocycles. The maximum atomic E-state index is 12.8. The van der Waals surface area contributed by atoms with E-state index in [1.54, 1.807) is 7.05 Å². The second-order valence-corrected chi connectivity index (χ2v) is 9.56. The predicted molar refractivity (Wildman–Crippen MR) is 97.2 cm³/mol. The van der Waals surface area contributed by atoms with Crippen molar-refractivity contribution >= 4 is 11.8 Å². The van der Waals surface area contributed by atoms with Crippen LogP contribution in [0.5, 0.6) is 0 Å². The number of hydrogen-bond donors (Lipinski definition) is 2. The van der Waals surface area contributed by atoms with Crippen molar-refractivity contribution in [2.45, 2.75) is 87.1 Å². The lowest BCUT2D eigenvalue weighted by molar-refractivity contribution is -0.136. The zero-order chi connectivity index (χ0) is 18.7. The summed E-state index contributed by atoms with van der Waals surface area (Å²) in [4.78, 5) is 24.8. The molecule has 2 N–H and O–H groups in total. The van der Waals surface area contributed by atoms with Gasteiger partial charge in [-0.1, -0.05) is 54.9 Å². The molecule has 2 amide bonds. The lowest BCUT2D eigenvalue weighted by Gasteiger charge is -2.39. The summed E-state index contributed by atoms with van der Waals surface area (Å²) in [5.41, 5.74) is -1.28. The van der Waals surface area contributed by atoms with E-state index in [4.69, 9.17) is 0 Å². The van der Waals surface area contributed by atoms with Crippen LogP contribution in [-0.2, 0) is 9.59 Å². The zero-order valence-corrected chi connectivity index (χ0v) is 16.9. The van der Waals surface area contributed by atoms with Crippen molar-refractivity contribution in [3.63, 3.8) is 0 Å². The van der Waals surface area contributed by atoms with Crippen LogP contribution in [0, 0.1) is 16.2 Å². The van der Waals surface area contributed by atoms with Gasteiger partial charge in [0.05, 0.1) is 0 Å². The van der Waals surface area contributed by atoms with Crippen molar-refractivity contribution in [2.75, 3.05) is 7.05 Å². The first kappa shape index (κ1) is 21.9. The highest BCUT2D eigenvalue weighted by molar-refractivity contribution is 5.85. The van der Waals surface area contributed by atoms with E-state index in [1.807, 2.05) is 27.7 Å². The lowest BCUT2D eigenvalue weighted by Crippen LogP contribution is -2.52. The molecular weight excluding hydrogens is 288 g/mol. The van der Waals surface area contributed by atoms with E-state index in [1.165, 1.54) is 0 Å². The average molecular weight is 327 g/mol. The van der Waals surface area contributed by atoms with E-state index in [9.17, 15) is 9.59 Å². The normalized spacial score (nSPS) is 13.7. The molecule has 0 saturated carbocycles. The van der Waals surface area contributed by atoms with Gasteiger partial charge in [0, 0.05) is 23.4 Å². The van der Waals surface area contributed by atoms with E-state index in [2.05, 4.69) is 45.3 Å². The molecule has 4 nitrogen and oxygen atoms in total. The summed E-state index contributed by atoms with van der Waals surface area (Å²) in [6.45, 7) is 18.3. The largest absolute Gasteiger partial charge is 0.359 e. The predicted octanol–water partition coefficient (Wildman–Crippen LogP) is 3.90. The van der Waals surface area contributed by atoms with Gasteiger partial charge in [0.2, 0.25) is 11.8 Å². The van der Waals surface area contributed by atoms with Gasteiger partial charge < -0.3 is 10.6 Å². The van der Waals surface area contributed by atoms with Gasteiger partial charge in [-0.25, -0.2) is 0 Å². The van der Waals surface area contributed by atoms with Gasteiger partial charge in [-0.2, -0.15) is 0 Å². The molecule has 0 heterocycles. The van der Waals surface area contributed by atoms with Crippen LogP contribution in [0.25, 0.3) is 0 Å². The van der Waals surface area contributed by atoms with Crippen LogP contribution in [0.3, 0.4) is 0 Å². The number of hydrogen-bond acceptors (Lipinski definition) is 2. The summed E-state index contributed by atoms with van der Waals surface area (Å²) < 4.78 is 0. The van der Waals surface area contributed by atoms with Crippen LogP contribution in [0.4, 0.5) is 0 Å². The molecule has 0 bridgehead atoms. The van der Waals surface area contributed by atoms with Crippen molar-refractivity contribution < 1.29 is 9.59 Å². The van der Waals surface area contributed by atoms with E-state index >= 15 is 0 Å². The van der Waals surface area contributed by atoms with Gasteiger partial charge in [0.25, 0.3) is 0 Å². The molecule has 0 radical (unpaired) electrons. The second kappa shape index (κ2) is 7.23. The smallest absolute Gasteiger partial charge is 0.226 e. The standard InChI is InChI=1S/C19H38N2O2/c1-11-16(2,3)12-19(8,9)21-15(23)18(6,7)13-17(4,5)14(22)20-10/h11-13H2,1-10H3,(H,20,22)(H,21,23). The van der Waals surface area contributed by atoms with Crippen molar-refractivity contribution in [1.29, 1.82) is 0 Å². The van der Waals surface area contributed by atoms with Gasteiger partial charge in [-0.05, 0) is 32.1 Å². The summed E-state index contributed by atoms with van der Waals surface area (Å²) in [7, 11) is 1.63. The molecule has 0 unspecified atom stereocenters. The molecule has 0 fully saturated rings. The molecule has 136 valence electrons. The van der Waals surface area contributed by atoms with Crippen molar-refractivity contribution in [1.82, 2.24) is 10.6 Å². The van der Waals surface area contributed by atoms with Crippen LogP contribution >= 0.6 is 0 Å². The molecule has 0 aliphatic rings. The Kier molecular flexibility index (Phi) is 6.89. The first-order valence-electron chi connectivity index (χ1n) is 8.63. The fourth-order valence-electron chi connectivity index (χ4n) is 3.45. The molecular formula is C19H38N2O2. The third kappa shape index (κ3) is 6.92. The summed E-state index contributed by atoms with van der Waals surface area (Å²) in [5, 5.41) is 5.88. The Hall–Kier alpha value is -1.06. The highest BCUT2D eigenvalue weighted by atomic mass is 16.2. The third-order valence-electron chi connectivity index (χ3n) is 4.67. The maximum absolute atomic E-state index is 12.8. The average Bonchev–Trinajstić information content (AvgIpc) is 2.34. The lowest BCUT2D eigenvalue weighted by atomic mass is 9.73. The van der Waals surface area contributed by atoms with E-state index < -0.39 is 10.8 Å². The van der Waals surface area contributed by atoms with Gasteiger partial charge in [0.15, 0.2) is 0 Å². The Balaban J connectivity index is 5.04. The Labute approximate surface area is 143 Å². The molecule has 0 aliphatic heterocycles. The molecule has 0 aliphatic carbocycles. The summed E-state index contributed by atoms with van der Waals surface area (Å²) in [6.07, 6.45) is 2.48. The summed E-state index contributed by atoms with van der Waals surface area (Å²) in [6, 6.07) is 0. The minimum absolute atomic E-state index is 0.00591. The van der Waals surface area contributed by atoms with Crippen LogP contribution in [0.15, 0.2) is 0 Å². The minimum Gasteiger partial charge on any atom is -0.359 e. The monoisotopic (exact) mass is 326 g/mol. The molecule has 0 aromatic carbocycles. The molecule has 4 heteroatoms. The van der Waals surface area contributed by atoms with Gasteiger partial charge >= 0.3 is 0 Å². The fraction of sp³-hybridized carbons (Fsp3) is 0.895. The van der Waals surface area contributed by atoms with E-state index in [0.717, 1.165) is 12.8 Å². The number of carbonyl (C=O) groups excluding carboxylic acids is 2. The Morgan fingerprint density at radius 1 is 0.783 bits per heavy atom. The molecule has 0 spiro atoms. The highest BCUT2D eigenvalue weighted by Gasteiger charge is 2.40. The topological polar surface area (TPSA) is 58.2 Å². The van der Waals surface area contributed by atoms with Crippen LogP contribution in [0.2, 0.25) is 0 Å². The first-order valence-corrected chi connectivity index (χ1v) is 8.63. The molecule has 23 heavy (non-hydrogen) atoms. The molecule has 0 atom stereocenters. The summed E-state index contributed by atoms with van der Waals surface area (Å²) >= 11 is 0. The fourth-order valence-corrected chi connectivity index (χ4v) is 3.45. The second-order valence-electron chi connectivity index (χ2n) is 9.56. The Bertz CT molecular complexity index is 435. The quantitative estimate of drug-likeness (QED) is 0.711. The number of amides is 2. The Morgan fingerprint density at radius 2 is 1.22 bits per heavy atom. The van der Waals surface area contributed by atoms with Gasteiger partial charge in [-0.15, -0.1) is 0 Å². The number of rotatable bonds is 8. The molecule has 0 aromatic rings. The van der Waals surface area contributed by atoms with Crippen molar-refractivity contribution in [3.8, 4) is 0 Å². The highest BCUT2D eigenvalue weighted by Crippen LogP contribution is 2.36. The van der Waals surface area contributed by atoms with E-state index in [0.29, 0.717) is 6.42 Å². The number of carbonyl (C=O) groups is 2. The third-order valence-corrected chi connectivity index (χ3v) is 4.67. The SMILES string of the molecule is CCC(C)(C)CC(C)(C)NC(=O)C(C)(C)CC(C)(C)C(=O)NC. The van der Waals surface area contributed by atoms with Crippen LogP contribution in [0.1, 0.15) is 81.6 Å². The van der Waals surface area contributed by atoms with Gasteiger partial charge in [-0.3, -0.25) is 9.59 Å². The van der Waals surface area contributed by atoms with E-state index in [-0.39, 0.29) is 22.8 Å². The Morgan fingerprint density at radius 3 is 1.61 bits per heavy atom. The number of nitrogens with one attached hydrogen (secondary N) is 2. The molecule has 0 aromatic heterocycles. The van der Waals surface area contributed by atoms with Crippen LogP contribution in [-0.4, -0.2) is 24.4 Å². The minimum atomic E-state index is -0.608.